The van der Waals surface area contributed by atoms with Gasteiger partial charge in [-0.1, -0.05) is 24.6 Å². The van der Waals surface area contributed by atoms with Crippen LogP contribution in [0.4, 0.5) is 18.9 Å². The number of rotatable bonds is 9. The van der Waals surface area contributed by atoms with Crippen molar-refractivity contribution in [3.8, 4) is 16.9 Å². The van der Waals surface area contributed by atoms with Crippen LogP contribution in [0.15, 0.2) is 54.7 Å². The Morgan fingerprint density at radius 3 is 2.42 bits per heavy atom. The van der Waals surface area contributed by atoms with E-state index in [-0.39, 0.29) is 33.4 Å². The van der Waals surface area contributed by atoms with Gasteiger partial charge in [-0.05, 0) is 67.1 Å². The zero-order valence-electron chi connectivity index (χ0n) is 19.1. The number of halogens is 4. The maximum absolute atomic E-state index is 14.7. The predicted molar refractivity (Wildman–Crippen MR) is 128 cm³/mol. The normalized spacial score (nSPS) is 17.5. The summed E-state index contributed by atoms with van der Waals surface area (Å²) in [6, 6.07) is 11.1. The summed E-state index contributed by atoms with van der Waals surface area (Å²) >= 11 is 5.85. The second-order valence-corrected chi connectivity index (χ2v) is 9.13. The zero-order valence-corrected chi connectivity index (χ0v) is 19.8. The fourth-order valence-corrected chi connectivity index (χ4v) is 4.23. The highest BCUT2D eigenvalue weighted by molar-refractivity contribution is 6.31. The molecule has 3 atom stereocenters. The Labute approximate surface area is 210 Å². The van der Waals surface area contributed by atoms with Gasteiger partial charge >= 0.3 is 12.6 Å². The smallest absolute Gasteiger partial charge is 0.387 e. The minimum Gasteiger partial charge on any atom is -0.478 e. The molecule has 0 bridgehead atoms. The number of carboxylic acids is 1. The monoisotopic (exact) mass is 518 g/mol. The number of amides is 1. The summed E-state index contributed by atoms with van der Waals surface area (Å²) < 4.78 is 44.9. The lowest BCUT2D eigenvalue weighted by Crippen LogP contribution is -2.23. The summed E-state index contributed by atoms with van der Waals surface area (Å²) in [4.78, 5) is 28.6. The maximum Gasteiger partial charge on any atom is 0.387 e. The molecule has 1 amide bonds. The lowest BCUT2D eigenvalue weighted by Gasteiger charge is -2.18. The van der Waals surface area contributed by atoms with E-state index in [0.29, 0.717) is 29.6 Å². The SMILES string of the molecule is C[C@H]1C[C@@H]1C[C@@H](C(=O)Nc1ccc(C(=O)O)cc1)c1ccc(-c2c(OC(F)F)ccc(Cl)c2F)cn1. The van der Waals surface area contributed by atoms with Gasteiger partial charge < -0.3 is 15.2 Å². The molecule has 0 aliphatic heterocycles. The molecule has 188 valence electrons. The first kappa shape index (κ1) is 25.5. The number of pyridine rings is 1. The maximum atomic E-state index is 14.7. The first-order valence-corrected chi connectivity index (χ1v) is 11.5. The lowest BCUT2D eigenvalue weighted by molar-refractivity contribution is -0.117. The summed E-state index contributed by atoms with van der Waals surface area (Å²) in [6.45, 7) is -1.07. The van der Waals surface area contributed by atoms with Crippen molar-refractivity contribution in [1.82, 2.24) is 4.98 Å². The van der Waals surface area contributed by atoms with E-state index in [1.165, 1.54) is 36.5 Å². The fraction of sp³-hybridized carbons (Fsp3) is 0.269. The van der Waals surface area contributed by atoms with Crippen molar-refractivity contribution in [3.05, 3.63) is 76.8 Å². The molecule has 0 saturated heterocycles. The average Bonchev–Trinajstić information content (AvgIpc) is 3.55. The van der Waals surface area contributed by atoms with Gasteiger partial charge in [-0.15, -0.1) is 0 Å². The van der Waals surface area contributed by atoms with Crippen LogP contribution in [0.25, 0.3) is 11.1 Å². The molecule has 1 aliphatic rings. The van der Waals surface area contributed by atoms with Gasteiger partial charge in [0.15, 0.2) is 5.82 Å². The third-order valence-corrected chi connectivity index (χ3v) is 6.53. The van der Waals surface area contributed by atoms with E-state index in [4.69, 9.17) is 16.7 Å². The largest absolute Gasteiger partial charge is 0.478 e. The molecule has 0 spiro atoms. The van der Waals surface area contributed by atoms with Gasteiger partial charge in [0.05, 0.1) is 27.8 Å². The molecule has 0 radical (unpaired) electrons. The molecule has 1 aromatic heterocycles. The van der Waals surface area contributed by atoms with Crippen molar-refractivity contribution in [2.75, 3.05) is 5.32 Å². The molecule has 10 heteroatoms. The number of anilines is 1. The number of carbonyl (C=O) groups is 2. The topological polar surface area (TPSA) is 88.5 Å². The minimum atomic E-state index is -3.16. The first-order chi connectivity index (χ1) is 17.1. The van der Waals surface area contributed by atoms with Gasteiger partial charge in [0.2, 0.25) is 5.91 Å². The van der Waals surface area contributed by atoms with E-state index in [9.17, 15) is 22.8 Å². The van der Waals surface area contributed by atoms with E-state index < -0.39 is 24.3 Å². The number of alkyl halides is 2. The number of aromatic nitrogens is 1. The van der Waals surface area contributed by atoms with E-state index in [1.807, 2.05) is 0 Å². The summed E-state index contributed by atoms with van der Waals surface area (Å²) in [5.41, 5.74) is 0.869. The molecule has 1 aliphatic carbocycles. The van der Waals surface area contributed by atoms with Crippen molar-refractivity contribution in [3.63, 3.8) is 0 Å². The van der Waals surface area contributed by atoms with Crippen molar-refractivity contribution in [1.29, 1.82) is 0 Å². The Bertz CT molecular complexity index is 1270. The van der Waals surface area contributed by atoms with E-state index in [1.54, 1.807) is 6.07 Å². The number of carboxylic acid groups (broad SMARTS) is 1. The Morgan fingerprint density at radius 2 is 1.86 bits per heavy atom. The second kappa shape index (κ2) is 10.6. The molecule has 6 nitrogen and oxygen atoms in total. The molecule has 3 aromatic rings. The van der Waals surface area contributed by atoms with Gasteiger partial charge in [0.1, 0.15) is 5.75 Å². The predicted octanol–water partition coefficient (Wildman–Crippen LogP) is 6.61. The highest BCUT2D eigenvalue weighted by Gasteiger charge is 2.37. The van der Waals surface area contributed by atoms with Crippen molar-refractivity contribution in [2.45, 2.75) is 32.3 Å². The second-order valence-electron chi connectivity index (χ2n) is 8.72. The average molecular weight is 519 g/mol. The number of hydrogen-bond acceptors (Lipinski definition) is 4. The summed E-state index contributed by atoms with van der Waals surface area (Å²) in [5.74, 6) is -2.52. The van der Waals surface area contributed by atoms with E-state index in [2.05, 4.69) is 22.0 Å². The van der Waals surface area contributed by atoms with Crippen molar-refractivity contribution < 1.29 is 32.6 Å². The van der Waals surface area contributed by atoms with Crippen LogP contribution in [0.5, 0.6) is 5.75 Å². The third-order valence-electron chi connectivity index (χ3n) is 6.24. The van der Waals surface area contributed by atoms with Crippen molar-refractivity contribution in [2.24, 2.45) is 11.8 Å². The molecule has 0 unspecified atom stereocenters. The van der Waals surface area contributed by atoms with E-state index in [0.717, 1.165) is 18.6 Å². The summed E-state index contributed by atoms with van der Waals surface area (Å²) in [5, 5.41) is 11.6. The van der Waals surface area contributed by atoms with Gasteiger partial charge in [0.25, 0.3) is 0 Å². The molecule has 2 N–H and O–H groups in total. The van der Waals surface area contributed by atoms with Crippen LogP contribution in [0.3, 0.4) is 0 Å². The number of aromatic carboxylic acids is 1. The number of carbonyl (C=O) groups excluding carboxylic acids is 1. The Hall–Kier alpha value is -3.59. The Morgan fingerprint density at radius 1 is 1.17 bits per heavy atom. The highest BCUT2D eigenvalue weighted by atomic mass is 35.5. The van der Waals surface area contributed by atoms with Gasteiger partial charge in [-0.3, -0.25) is 9.78 Å². The molecule has 1 fully saturated rings. The van der Waals surface area contributed by atoms with Gasteiger partial charge in [-0.25, -0.2) is 9.18 Å². The zero-order chi connectivity index (χ0) is 26.0. The highest BCUT2D eigenvalue weighted by Crippen LogP contribution is 2.45. The number of nitrogens with zero attached hydrogens (tertiary/aromatic N) is 1. The standard InChI is InChI=1S/C26H22ClF3N2O4/c1-13-10-16(13)11-18(24(33)32-17-5-2-14(3-6-17)25(34)35)20-8-4-15(12-31-20)22-21(36-26(29)30)9-7-19(27)23(22)28/h2-9,12-13,16,18,26H,10-11H2,1H3,(H,32,33)(H,34,35)/t13-,16+,18+/m0/s1. The number of nitrogens with one attached hydrogen (secondary N) is 1. The third kappa shape index (κ3) is 5.79. The summed E-state index contributed by atoms with van der Waals surface area (Å²) in [7, 11) is 0. The van der Waals surface area contributed by atoms with Gasteiger partial charge in [0, 0.05) is 17.4 Å². The molecule has 2 aromatic carbocycles. The van der Waals surface area contributed by atoms with Crippen LogP contribution >= 0.6 is 11.6 Å². The van der Waals surface area contributed by atoms with Crippen LogP contribution in [0.2, 0.25) is 5.02 Å². The van der Waals surface area contributed by atoms with Gasteiger partial charge in [-0.2, -0.15) is 8.78 Å². The lowest BCUT2D eigenvalue weighted by atomic mass is 9.94. The molecular weight excluding hydrogens is 497 g/mol. The first-order valence-electron chi connectivity index (χ1n) is 11.2. The van der Waals surface area contributed by atoms with Crippen LogP contribution in [-0.4, -0.2) is 28.6 Å². The quantitative estimate of drug-likeness (QED) is 0.333. The Balaban J connectivity index is 1.61. The molecule has 1 heterocycles. The van der Waals surface area contributed by atoms with Crippen LogP contribution in [0.1, 0.15) is 41.7 Å². The molecular formula is C26H22ClF3N2O4. The van der Waals surface area contributed by atoms with Crippen LogP contribution in [0, 0.1) is 17.7 Å². The fourth-order valence-electron chi connectivity index (χ4n) is 4.07. The van der Waals surface area contributed by atoms with Crippen LogP contribution < -0.4 is 10.1 Å². The summed E-state index contributed by atoms with van der Waals surface area (Å²) in [6.07, 6.45) is 2.82. The van der Waals surface area contributed by atoms with E-state index >= 15 is 0 Å². The molecule has 4 rings (SSSR count). The Kier molecular flexibility index (Phi) is 7.49. The number of benzene rings is 2. The number of hydrogen-bond donors (Lipinski definition) is 2. The minimum absolute atomic E-state index is 0.0945. The van der Waals surface area contributed by atoms with Crippen molar-refractivity contribution >= 4 is 29.2 Å². The number of ether oxygens (including phenoxy) is 1. The van der Waals surface area contributed by atoms with Crippen LogP contribution in [-0.2, 0) is 4.79 Å². The molecule has 36 heavy (non-hydrogen) atoms. The molecule has 1 saturated carbocycles.